The van der Waals surface area contributed by atoms with Crippen LogP contribution in [0.25, 0.3) is 0 Å². The van der Waals surface area contributed by atoms with Gasteiger partial charge in [-0.25, -0.2) is 18.4 Å². The lowest BCUT2D eigenvalue weighted by Gasteiger charge is -2.08. The maximum atomic E-state index is 11.8. The maximum absolute atomic E-state index is 11.8. The van der Waals surface area contributed by atoms with Crippen molar-refractivity contribution < 1.29 is 13.2 Å². The monoisotopic (exact) mass is 347 g/mol. The molecule has 6 nitrogen and oxygen atoms in total. The third kappa shape index (κ3) is 5.36. The van der Waals surface area contributed by atoms with E-state index in [1.807, 2.05) is 24.3 Å². The van der Waals surface area contributed by atoms with Crippen LogP contribution in [0.1, 0.15) is 18.1 Å². The highest BCUT2D eigenvalue weighted by Gasteiger charge is 2.07. The summed E-state index contributed by atoms with van der Waals surface area (Å²) in [6.07, 6.45) is 1.55. The number of hydrogen-bond acceptors (Lipinski definition) is 3. The van der Waals surface area contributed by atoms with Gasteiger partial charge in [-0.1, -0.05) is 31.2 Å². The molecule has 0 saturated heterocycles. The summed E-state index contributed by atoms with van der Waals surface area (Å²) in [5, 5.41) is 10.6. The van der Waals surface area contributed by atoms with Crippen molar-refractivity contribution in [3.63, 3.8) is 0 Å². The molecule has 2 aromatic carbocycles. The number of sulfonamides is 1. The second-order valence-corrected chi connectivity index (χ2v) is 6.93. The number of primary sulfonamides is 1. The zero-order valence-corrected chi connectivity index (χ0v) is 14.3. The minimum absolute atomic E-state index is 0.0764. The predicted molar refractivity (Wildman–Crippen MR) is 94.4 cm³/mol. The van der Waals surface area contributed by atoms with Gasteiger partial charge in [-0.3, -0.25) is 0 Å². The molecular formula is C17H21N3O3S. The molecule has 0 saturated carbocycles. The fourth-order valence-electron chi connectivity index (χ4n) is 2.17. The van der Waals surface area contributed by atoms with E-state index in [9.17, 15) is 13.2 Å². The van der Waals surface area contributed by atoms with Crippen molar-refractivity contribution in [1.29, 1.82) is 0 Å². The molecule has 2 rings (SSSR count). The number of amides is 2. The van der Waals surface area contributed by atoms with Crippen LogP contribution in [-0.4, -0.2) is 21.0 Å². The molecule has 0 spiro atoms. The molecular weight excluding hydrogens is 326 g/mol. The van der Waals surface area contributed by atoms with Gasteiger partial charge in [0.2, 0.25) is 10.0 Å². The third-order valence-corrected chi connectivity index (χ3v) is 4.50. The zero-order chi connectivity index (χ0) is 17.6. The Morgan fingerprint density at radius 2 is 1.58 bits per heavy atom. The van der Waals surface area contributed by atoms with Gasteiger partial charge in [-0.05, 0) is 48.2 Å². The molecule has 0 heterocycles. The van der Waals surface area contributed by atoms with Crippen molar-refractivity contribution >= 4 is 21.7 Å². The predicted octanol–water partition coefficient (Wildman–Crippen LogP) is 2.26. The van der Waals surface area contributed by atoms with E-state index in [1.54, 1.807) is 12.1 Å². The molecule has 0 radical (unpaired) electrons. The quantitative estimate of drug-likeness (QED) is 0.747. The highest BCUT2D eigenvalue weighted by molar-refractivity contribution is 7.89. The number of carbonyl (C=O) groups excluding carboxylic acids is 1. The van der Waals surface area contributed by atoms with Crippen LogP contribution < -0.4 is 15.8 Å². The van der Waals surface area contributed by atoms with Gasteiger partial charge in [0.15, 0.2) is 0 Å². The van der Waals surface area contributed by atoms with Crippen molar-refractivity contribution in [2.45, 2.75) is 24.7 Å². The second kappa shape index (κ2) is 7.94. The van der Waals surface area contributed by atoms with E-state index < -0.39 is 10.0 Å². The summed E-state index contributed by atoms with van der Waals surface area (Å²) in [4.78, 5) is 11.9. The molecule has 4 N–H and O–H groups in total. The minimum atomic E-state index is -3.67. The van der Waals surface area contributed by atoms with Gasteiger partial charge in [-0.15, -0.1) is 0 Å². The van der Waals surface area contributed by atoms with Crippen LogP contribution in [0.5, 0.6) is 0 Å². The molecule has 0 aromatic heterocycles. The summed E-state index contributed by atoms with van der Waals surface area (Å²) in [7, 11) is -3.67. The van der Waals surface area contributed by atoms with Crippen molar-refractivity contribution in [3.05, 3.63) is 59.7 Å². The van der Waals surface area contributed by atoms with E-state index in [2.05, 4.69) is 17.6 Å². The van der Waals surface area contributed by atoms with Gasteiger partial charge < -0.3 is 10.6 Å². The van der Waals surface area contributed by atoms with Gasteiger partial charge in [0.1, 0.15) is 0 Å². The first-order valence-corrected chi connectivity index (χ1v) is 9.18. The third-order valence-electron chi connectivity index (χ3n) is 3.57. The number of hydrogen-bond donors (Lipinski definition) is 3. The van der Waals surface area contributed by atoms with Gasteiger partial charge in [0.05, 0.1) is 4.90 Å². The van der Waals surface area contributed by atoms with E-state index in [1.165, 1.54) is 17.7 Å². The van der Waals surface area contributed by atoms with Gasteiger partial charge >= 0.3 is 6.03 Å². The number of carbonyl (C=O) groups is 1. The Bertz CT molecular complexity index is 785. The molecule has 0 aliphatic rings. The fraction of sp³-hybridized carbons (Fsp3) is 0.235. The second-order valence-electron chi connectivity index (χ2n) is 5.37. The number of nitrogens with two attached hydrogens (primary N) is 1. The summed E-state index contributed by atoms with van der Waals surface area (Å²) in [5.41, 5.74) is 2.86. The zero-order valence-electron chi connectivity index (χ0n) is 13.5. The van der Waals surface area contributed by atoms with Gasteiger partial charge in [0, 0.05) is 12.2 Å². The molecule has 2 amide bonds. The van der Waals surface area contributed by atoms with E-state index >= 15 is 0 Å². The highest BCUT2D eigenvalue weighted by Crippen LogP contribution is 2.10. The first kappa shape index (κ1) is 18.0. The van der Waals surface area contributed by atoms with Crippen LogP contribution in [0.15, 0.2) is 53.4 Å². The summed E-state index contributed by atoms with van der Waals surface area (Å²) in [5.74, 6) is 0. The molecule has 0 unspecified atom stereocenters. The standard InChI is InChI=1S/C17H21N3O3S/c1-2-13-3-7-15(8-4-13)20-17(21)19-12-11-14-5-9-16(10-6-14)24(18,22)23/h3-10H,2,11-12H2,1H3,(H2,18,22,23)(H2,19,20,21). The molecule has 7 heteroatoms. The molecule has 0 bridgehead atoms. The largest absolute Gasteiger partial charge is 0.338 e. The number of benzene rings is 2. The normalized spacial score (nSPS) is 11.1. The molecule has 2 aromatic rings. The highest BCUT2D eigenvalue weighted by atomic mass is 32.2. The Hall–Kier alpha value is -2.38. The molecule has 0 atom stereocenters. The van der Waals surface area contributed by atoms with E-state index in [0.717, 1.165) is 17.7 Å². The Labute approximate surface area is 142 Å². The fourth-order valence-corrected chi connectivity index (χ4v) is 2.68. The summed E-state index contributed by atoms with van der Waals surface area (Å²) < 4.78 is 22.3. The number of urea groups is 1. The lowest BCUT2D eigenvalue weighted by Crippen LogP contribution is -2.30. The molecule has 128 valence electrons. The SMILES string of the molecule is CCc1ccc(NC(=O)NCCc2ccc(S(N)(=O)=O)cc2)cc1. The van der Waals surface area contributed by atoms with Crippen molar-refractivity contribution in [3.8, 4) is 0 Å². The van der Waals surface area contributed by atoms with Crippen LogP contribution in [0.2, 0.25) is 0 Å². The number of nitrogens with one attached hydrogen (secondary N) is 2. The van der Waals surface area contributed by atoms with Crippen LogP contribution >= 0.6 is 0 Å². The van der Waals surface area contributed by atoms with Crippen molar-refractivity contribution in [2.24, 2.45) is 5.14 Å². The lowest BCUT2D eigenvalue weighted by atomic mass is 10.1. The number of anilines is 1. The van der Waals surface area contributed by atoms with Gasteiger partial charge in [-0.2, -0.15) is 0 Å². The summed E-state index contributed by atoms with van der Waals surface area (Å²) in [6, 6.07) is 13.7. The Morgan fingerprint density at radius 3 is 2.12 bits per heavy atom. The first-order valence-electron chi connectivity index (χ1n) is 7.64. The van der Waals surface area contributed by atoms with E-state index in [-0.39, 0.29) is 10.9 Å². The number of aryl methyl sites for hydroxylation is 1. The van der Waals surface area contributed by atoms with Crippen molar-refractivity contribution in [1.82, 2.24) is 5.32 Å². The summed E-state index contributed by atoms with van der Waals surface area (Å²) >= 11 is 0. The smallest absolute Gasteiger partial charge is 0.319 e. The Kier molecular flexibility index (Phi) is 5.94. The van der Waals surface area contributed by atoms with Crippen molar-refractivity contribution in [2.75, 3.05) is 11.9 Å². The Balaban J connectivity index is 1.79. The lowest BCUT2D eigenvalue weighted by molar-refractivity contribution is 0.252. The minimum Gasteiger partial charge on any atom is -0.338 e. The van der Waals surface area contributed by atoms with Crippen LogP contribution in [0.3, 0.4) is 0 Å². The summed E-state index contributed by atoms with van der Waals surface area (Å²) in [6.45, 7) is 2.51. The Morgan fingerprint density at radius 1 is 1.00 bits per heavy atom. The average molecular weight is 347 g/mol. The molecule has 0 aliphatic heterocycles. The molecule has 0 fully saturated rings. The number of rotatable bonds is 6. The maximum Gasteiger partial charge on any atom is 0.319 e. The van der Waals surface area contributed by atoms with Crippen LogP contribution in [-0.2, 0) is 22.9 Å². The van der Waals surface area contributed by atoms with Gasteiger partial charge in [0.25, 0.3) is 0 Å². The van der Waals surface area contributed by atoms with E-state index in [0.29, 0.717) is 13.0 Å². The topological polar surface area (TPSA) is 101 Å². The van der Waals surface area contributed by atoms with Crippen LogP contribution in [0, 0.1) is 0 Å². The van der Waals surface area contributed by atoms with E-state index in [4.69, 9.17) is 5.14 Å². The average Bonchev–Trinajstić information content (AvgIpc) is 2.55. The van der Waals surface area contributed by atoms with Crippen LogP contribution in [0.4, 0.5) is 10.5 Å². The molecule has 0 aliphatic carbocycles. The first-order chi connectivity index (χ1) is 11.4. The molecule has 24 heavy (non-hydrogen) atoms.